The molecule has 7 nitrogen and oxygen atoms in total. The van der Waals surface area contributed by atoms with E-state index in [0.717, 1.165) is 22.9 Å². The van der Waals surface area contributed by atoms with Crippen LogP contribution < -0.4 is 10.1 Å². The Morgan fingerprint density at radius 1 is 1.13 bits per heavy atom. The average molecular weight is 447 g/mol. The topological polar surface area (TPSA) is 84.9 Å². The minimum absolute atomic E-state index is 0.0334. The summed E-state index contributed by atoms with van der Waals surface area (Å²) in [5.74, 6) is 0.942. The molecule has 3 amide bonds. The second kappa shape index (κ2) is 8.57. The molecule has 2 aromatic rings. The number of hydrogen-bond acceptors (Lipinski definition) is 6. The van der Waals surface area contributed by atoms with Gasteiger partial charge in [0.25, 0.3) is 5.24 Å². The molecule has 9 heteroatoms. The third kappa shape index (κ3) is 4.55. The number of hydrogen-bond donors (Lipinski definition) is 1. The number of carbonyl (C=O) groups excluding carboxylic acids is 3. The number of amides is 3. The summed E-state index contributed by atoms with van der Waals surface area (Å²) in [7, 11) is 1.74. The van der Waals surface area contributed by atoms with Crippen LogP contribution in [0.5, 0.6) is 11.5 Å². The van der Waals surface area contributed by atoms with E-state index >= 15 is 0 Å². The maximum absolute atomic E-state index is 11.7. The van der Waals surface area contributed by atoms with E-state index in [4.69, 9.17) is 21.1 Å². The van der Waals surface area contributed by atoms with Crippen molar-refractivity contribution >= 4 is 40.6 Å². The van der Waals surface area contributed by atoms with Crippen molar-refractivity contribution in [2.75, 3.05) is 13.7 Å². The fourth-order valence-electron chi connectivity index (χ4n) is 3.31. The second-order valence-electron chi connectivity index (χ2n) is 7.13. The van der Waals surface area contributed by atoms with Crippen LogP contribution in [0.3, 0.4) is 0 Å². The number of ether oxygens (including phenoxy) is 2. The summed E-state index contributed by atoms with van der Waals surface area (Å²) in [4.78, 5) is 36.1. The van der Waals surface area contributed by atoms with E-state index in [1.807, 2.05) is 24.3 Å². The van der Waals surface area contributed by atoms with Crippen LogP contribution in [0.1, 0.15) is 11.1 Å². The quantitative estimate of drug-likeness (QED) is 0.721. The summed E-state index contributed by atoms with van der Waals surface area (Å²) in [5, 5.41) is 1.96. The maximum Gasteiger partial charge on any atom is 0.409 e. The molecule has 1 N–H and O–H groups in total. The van der Waals surface area contributed by atoms with Crippen molar-refractivity contribution in [2.45, 2.75) is 24.1 Å². The molecule has 2 unspecified atom stereocenters. The van der Waals surface area contributed by atoms with Crippen molar-refractivity contribution in [3.8, 4) is 11.5 Å². The minimum atomic E-state index is -0.464. The van der Waals surface area contributed by atoms with Gasteiger partial charge in [-0.1, -0.05) is 41.6 Å². The zero-order chi connectivity index (χ0) is 21.3. The van der Waals surface area contributed by atoms with Gasteiger partial charge in [0.2, 0.25) is 5.91 Å². The molecule has 0 radical (unpaired) electrons. The molecule has 4 rings (SSSR count). The Labute approximate surface area is 182 Å². The lowest BCUT2D eigenvalue weighted by molar-refractivity contribution is -0.118. The Kier molecular flexibility index (Phi) is 5.87. The van der Waals surface area contributed by atoms with Crippen LogP contribution in [0.25, 0.3) is 0 Å². The van der Waals surface area contributed by atoms with E-state index in [-0.39, 0.29) is 23.3 Å². The Hall–Kier alpha value is -2.71. The molecule has 0 aromatic heterocycles. The van der Waals surface area contributed by atoms with E-state index in [2.05, 4.69) is 5.32 Å². The molecule has 156 valence electrons. The van der Waals surface area contributed by atoms with Crippen molar-refractivity contribution < 1.29 is 23.9 Å². The van der Waals surface area contributed by atoms with Gasteiger partial charge < -0.3 is 14.4 Å². The van der Waals surface area contributed by atoms with E-state index < -0.39 is 5.25 Å². The van der Waals surface area contributed by atoms with Crippen LogP contribution in [0.4, 0.5) is 9.59 Å². The molecule has 2 aliphatic heterocycles. The monoisotopic (exact) mass is 446 g/mol. The largest absolute Gasteiger partial charge is 0.457 e. The van der Waals surface area contributed by atoms with Crippen molar-refractivity contribution in [2.24, 2.45) is 0 Å². The predicted octanol–water partition coefficient (Wildman–Crippen LogP) is 4.02. The summed E-state index contributed by atoms with van der Waals surface area (Å²) in [6.07, 6.45) is 0.787. The summed E-state index contributed by atoms with van der Waals surface area (Å²) < 4.78 is 10.9. The van der Waals surface area contributed by atoms with E-state index in [1.54, 1.807) is 30.1 Å². The number of nitrogens with one attached hydrogen (secondary N) is 1. The van der Waals surface area contributed by atoms with Crippen molar-refractivity contribution in [1.82, 2.24) is 10.2 Å². The van der Waals surface area contributed by atoms with Gasteiger partial charge in [-0.25, -0.2) is 4.79 Å². The highest BCUT2D eigenvalue weighted by Gasteiger charge is 2.32. The number of imide groups is 1. The third-order valence-electron chi connectivity index (χ3n) is 5.06. The first kappa shape index (κ1) is 20.6. The molecule has 2 aromatic carbocycles. The Balaban J connectivity index is 1.37. The van der Waals surface area contributed by atoms with Crippen LogP contribution in [0.2, 0.25) is 5.02 Å². The van der Waals surface area contributed by atoms with Crippen LogP contribution in [-0.4, -0.2) is 47.1 Å². The van der Waals surface area contributed by atoms with Crippen molar-refractivity contribution in [1.29, 1.82) is 0 Å². The molecular weight excluding hydrogens is 428 g/mol. The van der Waals surface area contributed by atoms with Gasteiger partial charge in [0.05, 0.1) is 11.3 Å². The normalized spacial score (nSPS) is 21.0. The van der Waals surface area contributed by atoms with Crippen LogP contribution in [-0.2, 0) is 22.4 Å². The van der Waals surface area contributed by atoms with Gasteiger partial charge in [-0.2, -0.15) is 0 Å². The molecule has 2 aliphatic rings. The number of carbonyl (C=O) groups is 3. The number of thioether (sulfide) groups is 1. The number of nitrogens with zero attached hydrogens (tertiary/aromatic N) is 1. The molecule has 0 spiro atoms. The number of cyclic esters (lactones) is 1. The zero-order valence-electron chi connectivity index (χ0n) is 16.1. The zero-order valence-corrected chi connectivity index (χ0v) is 17.7. The van der Waals surface area contributed by atoms with Gasteiger partial charge in [0.15, 0.2) is 0 Å². The lowest BCUT2D eigenvalue weighted by Crippen LogP contribution is -2.30. The Morgan fingerprint density at radius 2 is 1.87 bits per heavy atom. The lowest BCUT2D eigenvalue weighted by atomic mass is 10.1. The smallest absolute Gasteiger partial charge is 0.409 e. The molecule has 0 saturated carbocycles. The summed E-state index contributed by atoms with van der Waals surface area (Å²) in [6.45, 7) is 0.396. The minimum Gasteiger partial charge on any atom is -0.457 e. The van der Waals surface area contributed by atoms with E-state index in [0.29, 0.717) is 36.0 Å². The molecule has 0 aliphatic carbocycles. The molecule has 2 fully saturated rings. The first-order valence-corrected chi connectivity index (χ1v) is 10.6. The van der Waals surface area contributed by atoms with Crippen LogP contribution in [0, 0.1) is 0 Å². The first-order valence-electron chi connectivity index (χ1n) is 9.35. The highest BCUT2D eigenvalue weighted by molar-refractivity contribution is 8.15. The molecule has 2 heterocycles. The molecule has 30 heavy (non-hydrogen) atoms. The van der Waals surface area contributed by atoms with Gasteiger partial charge in [-0.15, -0.1) is 0 Å². The number of benzene rings is 2. The summed E-state index contributed by atoms with van der Waals surface area (Å²) in [5.41, 5.74) is 1.85. The van der Waals surface area contributed by atoms with E-state index in [1.165, 1.54) is 0 Å². The second-order valence-corrected chi connectivity index (χ2v) is 8.72. The maximum atomic E-state index is 11.7. The summed E-state index contributed by atoms with van der Waals surface area (Å²) >= 11 is 7.33. The molecular formula is C21H19ClN2O5S. The van der Waals surface area contributed by atoms with Gasteiger partial charge in [0, 0.05) is 12.1 Å². The highest BCUT2D eigenvalue weighted by Crippen LogP contribution is 2.31. The highest BCUT2D eigenvalue weighted by atomic mass is 35.5. The molecule has 0 bridgehead atoms. The van der Waals surface area contributed by atoms with Gasteiger partial charge >= 0.3 is 6.09 Å². The van der Waals surface area contributed by atoms with Crippen LogP contribution >= 0.6 is 23.4 Å². The van der Waals surface area contributed by atoms with E-state index in [9.17, 15) is 14.4 Å². The Morgan fingerprint density at radius 3 is 2.47 bits per heavy atom. The predicted molar refractivity (Wildman–Crippen MR) is 113 cm³/mol. The fourth-order valence-corrected chi connectivity index (χ4v) is 4.41. The number of rotatable bonds is 6. The summed E-state index contributed by atoms with van der Waals surface area (Å²) in [6, 6.07) is 12.9. The SMILES string of the molecule is CN1C(=O)OCC1Cc1ccc(Oc2ccc(CC3SC(=O)NC3=O)c(Cl)c2)cc1. The lowest BCUT2D eigenvalue weighted by Gasteiger charge is -2.16. The van der Waals surface area contributed by atoms with Crippen LogP contribution in [0.15, 0.2) is 42.5 Å². The average Bonchev–Trinajstić information content (AvgIpc) is 3.20. The van der Waals surface area contributed by atoms with Gasteiger partial charge in [-0.3, -0.25) is 14.9 Å². The standard InChI is InChI=1S/C21H19ClN2O5S/c1-24-14(11-28-21(24)27)8-12-2-5-15(6-3-12)29-16-7-4-13(17(22)10-16)9-18-19(25)23-20(26)30-18/h2-7,10,14,18H,8-9,11H2,1H3,(H,23,25,26). The number of halogens is 1. The van der Waals surface area contributed by atoms with Crippen molar-refractivity contribution in [3.63, 3.8) is 0 Å². The Bertz CT molecular complexity index is 997. The fraction of sp³-hybridized carbons (Fsp3) is 0.286. The third-order valence-corrected chi connectivity index (χ3v) is 6.40. The molecule has 2 atom stereocenters. The van der Waals surface area contributed by atoms with Gasteiger partial charge in [-0.05, 0) is 48.2 Å². The molecule has 2 saturated heterocycles. The first-order chi connectivity index (χ1) is 14.4. The van der Waals surface area contributed by atoms with Gasteiger partial charge in [0.1, 0.15) is 18.1 Å². The van der Waals surface area contributed by atoms with Crippen molar-refractivity contribution in [3.05, 3.63) is 58.6 Å². The number of likely N-dealkylation sites (N-methyl/N-ethyl adjacent to an activating group) is 1.